The van der Waals surface area contributed by atoms with Crippen LogP contribution in [-0.4, -0.2) is 48.8 Å². The Hall–Kier alpha value is -2.48. The van der Waals surface area contributed by atoms with Crippen LogP contribution in [0.5, 0.6) is 0 Å². The van der Waals surface area contributed by atoms with Crippen LogP contribution in [0.4, 0.5) is 10.1 Å². The van der Waals surface area contributed by atoms with Gasteiger partial charge >= 0.3 is 0 Å². The second kappa shape index (κ2) is 8.97. The molecule has 0 saturated carbocycles. The van der Waals surface area contributed by atoms with E-state index in [1.54, 1.807) is 13.8 Å². The maximum absolute atomic E-state index is 13.0. The predicted molar refractivity (Wildman–Crippen MR) is 88.5 cm³/mol. The lowest BCUT2D eigenvalue weighted by atomic mass is 10.1. The van der Waals surface area contributed by atoms with Crippen molar-refractivity contribution in [3.05, 3.63) is 30.1 Å². The van der Waals surface area contributed by atoms with Crippen LogP contribution in [0.3, 0.4) is 0 Å². The Kier molecular flexibility index (Phi) is 7.31. The van der Waals surface area contributed by atoms with Crippen molar-refractivity contribution < 1.29 is 18.8 Å². The highest BCUT2D eigenvalue weighted by Crippen LogP contribution is 2.08. The van der Waals surface area contributed by atoms with Gasteiger partial charge in [0, 0.05) is 12.7 Å². The Labute approximate surface area is 140 Å². The largest absolute Gasteiger partial charge is 0.346 e. The van der Waals surface area contributed by atoms with Gasteiger partial charge in [0.1, 0.15) is 5.82 Å². The third-order valence-corrected chi connectivity index (χ3v) is 3.35. The summed E-state index contributed by atoms with van der Waals surface area (Å²) >= 11 is 0. The molecule has 24 heavy (non-hydrogen) atoms. The molecule has 0 aromatic heterocycles. The number of halogens is 1. The zero-order valence-corrected chi connectivity index (χ0v) is 14.0. The highest BCUT2D eigenvalue weighted by molar-refractivity contribution is 5.95. The lowest BCUT2D eigenvalue weighted by Crippen LogP contribution is -2.48. The molecule has 0 aliphatic carbocycles. The summed E-state index contributed by atoms with van der Waals surface area (Å²) in [6.45, 7) is 3.13. The minimum atomic E-state index is -0.695. The third kappa shape index (κ3) is 6.33. The van der Waals surface area contributed by atoms with E-state index in [0.717, 1.165) is 4.90 Å². The van der Waals surface area contributed by atoms with Gasteiger partial charge in [-0.15, -0.1) is 0 Å². The summed E-state index contributed by atoms with van der Waals surface area (Å²) in [5.41, 5.74) is 5.97. The lowest BCUT2D eigenvalue weighted by Gasteiger charge is -2.19. The van der Waals surface area contributed by atoms with Crippen LogP contribution in [0, 0.1) is 11.7 Å². The first kappa shape index (κ1) is 19.6. The molecule has 0 spiro atoms. The summed E-state index contributed by atoms with van der Waals surface area (Å²) in [6, 6.07) is 4.74. The molecule has 1 rings (SSSR count). The quantitative estimate of drug-likeness (QED) is 0.666. The molecule has 4 N–H and O–H groups in total. The van der Waals surface area contributed by atoms with Gasteiger partial charge in [-0.05, 0) is 24.1 Å². The predicted octanol–water partition coefficient (Wildman–Crippen LogP) is 0.322. The van der Waals surface area contributed by atoms with E-state index < -0.39 is 29.6 Å². The molecule has 0 heterocycles. The van der Waals surface area contributed by atoms with Crippen LogP contribution in [0.1, 0.15) is 13.8 Å². The summed E-state index contributed by atoms with van der Waals surface area (Å²) in [6.07, 6.45) is 0. The first-order chi connectivity index (χ1) is 11.2. The number of nitrogens with one attached hydrogen (secondary N) is 2. The van der Waals surface area contributed by atoms with Crippen molar-refractivity contribution in [3.63, 3.8) is 0 Å². The Morgan fingerprint density at radius 1 is 1.29 bits per heavy atom. The molecule has 1 atom stereocenters. The highest BCUT2D eigenvalue weighted by atomic mass is 19.1. The van der Waals surface area contributed by atoms with Gasteiger partial charge in [0.25, 0.3) is 0 Å². The molecule has 0 radical (unpaired) electrons. The topological polar surface area (TPSA) is 105 Å². The normalized spacial score (nSPS) is 11.8. The summed E-state index contributed by atoms with van der Waals surface area (Å²) in [4.78, 5) is 36.6. The van der Waals surface area contributed by atoms with Gasteiger partial charge in [-0.1, -0.05) is 19.9 Å². The molecule has 7 nitrogen and oxygen atoms in total. The lowest BCUT2D eigenvalue weighted by molar-refractivity contribution is -0.134. The molecule has 0 aliphatic heterocycles. The molecule has 1 aromatic carbocycles. The Morgan fingerprint density at radius 2 is 1.96 bits per heavy atom. The zero-order chi connectivity index (χ0) is 18.3. The van der Waals surface area contributed by atoms with Gasteiger partial charge in [0.2, 0.25) is 17.7 Å². The Morgan fingerprint density at radius 3 is 2.54 bits per heavy atom. The zero-order valence-electron chi connectivity index (χ0n) is 14.0. The minimum absolute atomic E-state index is 0.0464. The number of rotatable bonds is 7. The maximum Gasteiger partial charge on any atom is 0.243 e. The van der Waals surface area contributed by atoms with E-state index in [1.807, 2.05) is 0 Å². The molecule has 0 unspecified atom stereocenters. The van der Waals surface area contributed by atoms with Crippen LogP contribution in [0.25, 0.3) is 0 Å². The van der Waals surface area contributed by atoms with Gasteiger partial charge < -0.3 is 21.3 Å². The number of anilines is 1. The molecule has 132 valence electrons. The molecular weight excluding hydrogens is 315 g/mol. The van der Waals surface area contributed by atoms with E-state index in [0.29, 0.717) is 5.69 Å². The second-order valence-electron chi connectivity index (χ2n) is 5.80. The summed E-state index contributed by atoms with van der Waals surface area (Å²) in [5.74, 6) is -1.84. The van der Waals surface area contributed by atoms with Crippen LogP contribution in [0.2, 0.25) is 0 Å². The van der Waals surface area contributed by atoms with Crippen LogP contribution in [0.15, 0.2) is 24.3 Å². The molecule has 0 aliphatic rings. The maximum atomic E-state index is 13.0. The standard InChI is InChI=1S/C16H23FN4O3/c1-10(2)15(18)16(24)19-8-14(23)21(3)9-13(22)20-12-6-4-5-11(17)7-12/h4-7,10,15H,8-9,18H2,1-3H3,(H,19,24)(H,20,22)/t15-/m0/s1. The summed E-state index contributed by atoms with van der Waals surface area (Å²) in [5, 5.41) is 4.92. The van der Waals surface area contributed by atoms with Gasteiger partial charge in [-0.3, -0.25) is 14.4 Å². The summed E-state index contributed by atoms with van der Waals surface area (Å²) < 4.78 is 13.0. The molecule has 0 bridgehead atoms. The van der Waals surface area contributed by atoms with Crippen molar-refractivity contribution >= 4 is 23.4 Å². The van der Waals surface area contributed by atoms with Crippen LogP contribution < -0.4 is 16.4 Å². The van der Waals surface area contributed by atoms with Gasteiger partial charge in [-0.2, -0.15) is 0 Å². The van der Waals surface area contributed by atoms with Crippen molar-refractivity contribution in [1.82, 2.24) is 10.2 Å². The number of hydrogen-bond acceptors (Lipinski definition) is 4. The number of nitrogens with two attached hydrogens (primary N) is 1. The van der Waals surface area contributed by atoms with E-state index in [2.05, 4.69) is 10.6 Å². The minimum Gasteiger partial charge on any atom is -0.346 e. The van der Waals surface area contributed by atoms with Crippen molar-refractivity contribution in [2.24, 2.45) is 11.7 Å². The number of hydrogen-bond donors (Lipinski definition) is 3. The average Bonchev–Trinajstić information content (AvgIpc) is 2.51. The van der Waals surface area contributed by atoms with E-state index in [4.69, 9.17) is 5.73 Å². The van der Waals surface area contributed by atoms with E-state index in [1.165, 1.54) is 31.3 Å². The SMILES string of the molecule is CC(C)[C@H](N)C(=O)NCC(=O)N(C)CC(=O)Nc1cccc(F)c1. The third-order valence-electron chi connectivity index (χ3n) is 3.35. The van der Waals surface area contributed by atoms with Crippen molar-refractivity contribution in [1.29, 1.82) is 0 Å². The number of carbonyl (C=O) groups is 3. The van der Waals surface area contributed by atoms with E-state index in [9.17, 15) is 18.8 Å². The molecular formula is C16H23FN4O3. The molecule has 0 fully saturated rings. The highest BCUT2D eigenvalue weighted by Gasteiger charge is 2.19. The van der Waals surface area contributed by atoms with E-state index in [-0.39, 0.29) is 19.0 Å². The van der Waals surface area contributed by atoms with Crippen molar-refractivity contribution in [2.45, 2.75) is 19.9 Å². The number of nitrogens with zero attached hydrogens (tertiary/aromatic N) is 1. The Bertz CT molecular complexity index is 607. The van der Waals surface area contributed by atoms with E-state index >= 15 is 0 Å². The second-order valence-corrected chi connectivity index (χ2v) is 5.80. The fourth-order valence-electron chi connectivity index (χ4n) is 1.79. The molecule has 1 aromatic rings. The monoisotopic (exact) mass is 338 g/mol. The Balaban J connectivity index is 2.43. The van der Waals surface area contributed by atoms with Gasteiger partial charge in [-0.25, -0.2) is 4.39 Å². The number of amides is 3. The van der Waals surface area contributed by atoms with Gasteiger partial charge in [0.15, 0.2) is 0 Å². The van der Waals surface area contributed by atoms with Crippen molar-refractivity contribution in [2.75, 3.05) is 25.5 Å². The molecule has 0 saturated heterocycles. The number of benzene rings is 1. The van der Waals surface area contributed by atoms with Crippen LogP contribution >= 0.6 is 0 Å². The van der Waals surface area contributed by atoms with Crippen molar-refractivity contribution in [3.8, 4) is 0 Å². The van der Waals surface area contributed by atoms with Gasteiger partial charge in [0.05, 0.1) is 19.1 Å². The average molecular weight is 338 g/mol. The fraction of sp³-hybridized carbons (Fsp3) is 0.438. The number of carbonyl (C=O) groups excluding carboxylic acids is 3. The first-order valence-corrected chi connectivity index (χ1v) is 7.53. The van der Waals surface area contributed by atoms with Crippen LogP contribution in [-0.2, 0) is 14.4 Å². The smallest absolute Gasteiger partial charge is 0.243 e. The fourth-order valence-corrected chi connectivity index (χ4v) is 1.79. The molecule has 3 amide bonds. The molecule has 8 heteroatoms. The first-order valence-electron chi connectivity index (χ1n) is 7.53. The number of likely N-dealkylation sites (N-methyl/N-ethyl adjacent to an activating group) is 1. The summed E-state index contributed by atoms with van der Waals surface area (Å²) in [7, 11) is 1.43.